The number of H-pyrrole nitrogens is 1. The summed E-state index contributed by atoms with van der Waals surface area (Å²) >= 11 is 0. The van der Waals surface area contributed by atoms with E-state index in [2.05, 4.69) is 35.1 Å². The Labute approximate surface area is 145 Å². The smallest absolute Gasteiger partial charge is 0.263 e. The largest absolute Gasteiger partial charge is 0.351 e. The number of anilines is 1. The molecule has 9 nitrogen and oxygen atoms in total. The first kappa shape index (κ1) is 17.0. The first-order chi connectivity index (χ1) is 12.1. The number of nitrogens with one attached hydrogen (secondary N) is 2. The van der Waals surface area contributed by atoms with Crippen molar-refractivity contribution in [3.63, 3.8) is 0 Å². The minimum Gasteiger partial charge on any atom is -0.351 e. The highest BCUT2D eigenvalue weighted by atomic mass is 16.2. The number of carbonyl (C=O) groups excluding carboxylic acids is 1. The lowest BCUT2D eigenvalue weighted by Gasteiger charge is -2.34. The van der Waals surface area contributed by atoms with Crippen molar-refractivity contribution in [2.24, 2.45) is 0 Å². The molecule has 1 fully saturated rings. The summed E-state index contributed by atoms with van der Waals surface area (Å²) in [4.78, 5) is 43.2. The Balaban J connectivity index is 1.43. The van der Waals surface area contributed by atoms with Crippen molar-refractivity contribution < 1.29 is 4.79 Å². The highest BCUT2D eigenvalue weighted by molar-refractivity contribution is 5.93. The Bertz CT molecular complexity index is 770. The minimum atomic E-state index is -0.415. The van der Waals surface area contributed by atoms with Gasteiger partial charge in [-0.1, -0.05) is 0 Å². The van der Waals surface area contributed by atoms with Crippen LogP contribution in [0.1, 0.15) is 16.2 Å². The van der Waals surface area contributed by atoms with Gasteiger partial charge in [-0.25, -0.2) is 15.0 Å². The van der Waals surface area contributed by atoms with Crippen molar-refractivity contribution in [3.8, 4) is 0 Å². The van der Waals surface area contributed by atoms with Crippen LogP contribution in [-0.2, 0) is 0 Å². The van der Waals surface area contributed by atoms with Crippen molar-refractivity contribution in [2.75, 3.05) is 44.2 Å². The van der Waals surface area contributed by atoms with Crippen LogP contribution in [0.3, 0.4) is 0 Å². The average molecular weight is 343 g/mol. The van der Waals surface area contributed by atoms with Crippen LogP contribution in [0.25, 0.3) is 0 Å². The molecular weight excluding hydrogens is 322 g/mol. The highest BCUT2D eigenvalue weighted by Crippen LogP contribution is 2.09. The second kappa shape index (κ2) is 7.84. The summed E-state index contributed by atoms with van der Waals surface area (Å²) in [6.45, 7) is 6.32. The second-order valence-corrected chi connectivity index (χ2v) is 5.84. The van der Waals surface area contributed by atoms with Gasteiger partial charge in [0.25, 0.3) is 11.5 Å². The first-order valence-electron chi connectivity index (χ1n) is 8.22. The molecule has 1 aliphatic rings. The van der Waals surface area contributed by atoms with Gasteiger partial charge in [0, 0.05) is 57.9 Å². The number of hydrogen-bond donors (Lipinski definition) is 2. The summed E-state index contributed by atoms with van der Waals surface area (Å²) in [5.74, 6) is 0.841. The molecular formula is C16H21N7O2. The number of amides is 1. The van der Waals surface area contributed by atoms with Gasteiger partial charge >= 0.3 is 0 Å². The number of aryl methyl sites for hydroxylation is 1. The van der Waals surface area contributed by atoms with Gasteiger partial charge in [0.15, 0.2) is 0 Å². The second-order valence-electron chi connectivity index (χ2n) is 5.84. The monoisotopic (exact) mass is 343 g/mol. The normalized spacial score (nSPS) is 15.2. The van der Waals surface area contributed by atoms with Crippen molar-refractivity contribution in [1.29, 1.82) is 0 Å². The van der Waals surface area contributed by atoms with Crippen LogP contribution in [0.15, 0.2) is 29.5 Å². The fraction of sp³-hybridized carbons (Fsp3) is 0.438. The van der Waals surface area contributed by atoms with E-state index < -0.39 is 11.5 Å². The van der Waals surface area contributed by atoms with Crippen molar-refractivity contribution in [3.05, 3.63) is 46.4 Å². The van der Waals surface area contributed by atoms with Gasteiger partial charge in [0.1, 0.15) is 11.4 Å². The lowest BCUT2D eigenvalue weighted by molar-refractivity contribution is 0.0946. The van der Waals surface area contributed by atoms with Crippen LogP contribution < -0.4 is 15.8 Å². The van der Waals surface area contributed by atoms with E-state index in [4.69, 9.17) is 0 Å². The Morgan fingerprint density at radius 2 is 1.92 bits per heavy atom. The maximum atomic E-state index is 12.0. The fourth-order valence-corrected chi connectivity index (χ4v) is 2.69. The molecule has 2 N–H and O–H groups in total. The predicted molar refractivity (Wildman–Crippen MR) is 92.6 cm³/mol. The molecule has 0 spiro atoms. The molecule has 0 atom stereocenters. The summed E-state index contributed by atoms with van der Waals surface area (Å²) in [5.41, 5.74) is -0.377. The molecule has 1 amide bonds. The lowest BCUT2D eigenvalue weighted by atomic mass is 10.3. The van der Waals surface area contributed by atoms with Gasteiger partial charge in [0.2, 0.25) is 5.95 Å². The Kier molecular flexibility index (Phi) is 5.34. The standard InChI is InChI=1S/C16H21N7O2/c1-12-20-11-13(15(25)21-12)14(24)17-5-6-22-7-9-23(10-8-22)16-18-3-2-4-19-16/h2-4,11H,5-10H2,1H3,(H,17,24)(H,20,21,25). The Morgan fingerprint density at radius 1 is 1.20 bits per heavy atom. The Morgan fingerprint density at radius 3 is 2.60 bits per heavy atom. The van der Waals surface area contributed by atoms with Gasteiger partial charge in [-0.2, -0.15) is 0 Å². The van der Waals surface area contributed by atoms with E-state index in [1.54, 1.807) is 25.4 Å². The molecule has 3 rings (SSSR count). The molecule has 0 radical (unpaired) electrons. The van der Waals surface area contributed by atoms with E-state index >= 15 is 0 Å². The zero-order valence-electron chi connectivity index (χ0n) is 14.1. The van der Waals surface area contributed by atoms with Crippen molar-refractivity contribution >= 4 is 11.9 Å². The quantitative estimate of drug-likeness (QED) is 0.748. The molecule has 0 aliphatic carbocycles. The van der Waals surface area contributed by atoms with Crippen LogP contribution >= 0.6 is 0 Å². The van der Waals surface area contributed by atoms with E-state index in [0.717, 1.165) is 38.7 Å². The van der Waals surface area contributed by atoms with Crippen LogP contribution in [-0.4, -0.2) is 70.0 Å². The molecule has 2 aromatic heterocycles. The Hall–Kier alpha value is -2.81. The zero-order chi connectivity index (χ0) is 17.6. The predicted octanol–water partition coefficient (Wildman–Crippen LogP) is -0.580. The van der Waals surface area contributed by atoms with Gasteiger partial charge in [-0.15, -0.1) is 0 Å². The third-order valence-electron chi connectivity index (χ3n) is 4.09. The van der Waals surface area contributed by atoms with Crippen LogP contribution in [0.5, 0.6) is 0 Å². The number of hydrogen-bond acceptors (Lipinski definition) is 7. The summed E-state index contributed by atoms with van der Waals surface area (Å²) in [6, 6.07) is 1.80. The maximum absolute atomic E-state index is 12.0. The average Bonchev–Trinajstić information content (AvgIpc) is 2.63. The zero-order valence-corrected chi connectivity index (χ0v) is 14.1. The third-order valence-corrected chi connectivity index (χ3v) is 4.09. The van der Waals surface area contributed by atoms with E-state index in [-0.39, 0.29) is 5.56 Å². The van der Waals surface area contributed by atoms with Crippen molar-refractivity contribution in [1.82, 2.24) is 30.2 Å². The molecule has 25 heavy (non-hydrogen) atoms. The van der Waals surface area contributed by atoms with E-state index in [1.165, 1.54) is 6.20 Å². The first-order valence-corrected chi connectivity index (χ1v) is 8.22. The van der Waals surface area contributed by atoms with Crippen LogP contribution in [0.4, 0.5) is 5.95 Å². The fourth-order valence-electron chi connectivity index (χ4n) is 2.69. The lowest BCUT2D eigenvalue weighted by Crippen LogP contribution is -2.49. The summed E-state index contributed by atoms with van der Waals surface area (Å²) < 4.78 is 0. The summed E-state index contributed by atoms with van der Waals surface area (Å²) in [6.07, 6.45) is 4.79. The molecule has 0 saturated carbocycles. The molecule has 1 saturated heterocycles. The molecule has 2 aromatic rings. The van der Waals surface area contributed by atoms with Gasteiger partial charge in [0.05, 0.1) is 0 Å². The number of nitrogens with zero attached hydrogens (tertiary/aromatic N) is 5. The van der Waals surface area contributed by atoms with Gasteiger partial charge in [-0.3, -0.25) is 14.5 Å². The van der Waals surface area contributed by atoms with Crippen molar-refractivity contribution in [2.45, 2.75) is 6.92 Å². The molecule has 1 aliphatic heterocycles. The third kappa shape index (κ3) is 4.38. The van der Waals surface area contributed by atoms with E-state index in [0.29, 0.717) is 12.4 Å². The number of piperazine rings is 1. The van der Waals surface area contributed by atoms with E-state index in [9.17, 15) is 9.59 Å². The van der Waals surface area contributed by atoms with Gasteiger partial charge < -0.3 is 15.2 Å². The molecule has 3 heterocycles. The number of aromatic amines is 1. The SMILES string of the molecule is Cc1ncc(C(=O)NCCN2CCN(c3ncccn3)CC2)c(=O)[nH]1. The minimum absolute atomic E-state index is 0.0386. The molecule has 9 heteroatoms. The maximum Gasteiger partial charge on any atom is 0.263 e. The molecule has 132 valence electrons. The van der Waals surface area contributed by atoms with Gasteiger partial charge in [-0.05, 0) is 13.0 Å². The summed E-state index contributed by atoms with van der Waals surface area (Å²) in [7, 11) is 0. The van der Waals surface area contributed by atoms with Crippen LogP contribution in [0.2, 0.25) is 0 Å². The summed E-state index contributed by atoms with van der Waals surface area (Å²) in [5, 5.41) is 2.77. The molecule has 0 unspecified atom stereocenters. The number of carbonyl (C=O) groups is 1. The number of rotatable bonds is 5. The molecule has 0 aromatic carbocycles. The topological polar surface area (TPSA) is 107 Å². The van der Waals surface area contributed by atoms with Crippen LogP contribution in [0, 0.1) is 6.92 Å². The number of aromatic nitrogens is 4. The highest BCUT2D eigenvalue weighted by Gasteiger charge is 2.18. The van der Waals surface area contributed by atoms with E-state index in [1.807, 2.05) is 0 Å². The molecule has 0 bridgehead atoms.